The molecular formula is C11H24ClN3O3S. The topological polar surface area (TPSA) is 83.7 Å². The molecule has 0 spiro atoms. The maximum atomic E-state index is 12.3. The Kier molecular flexibility index (Phi) is 6.74. The first-order valence-electron chi connectivity index (χ1n) is 6.13. The lowest BCUT2D eigenvalue weighted by atomic mass is 9.96. The number of carbonyl (C=O) groups excluding carboxylic acids is 1. The summed E-state index contributed by atoms with van der Waals surface area (Å²) in [7, 11) is -0.459. The SMILES string of the molecule is CC1CN(S(=O)(=O)C(C)C(=O)N(C)C)CCC1N.Cl. The van der Waals surface area contributed by atoms with Gasteiger partial charge < -0.3 is 10.6 Å². The van der Waals surface area contributed by atoms with Crippen molar-refractivity contribution < 1.29 is 13.2 Å². The van der Waals surface area contributed by atoms with Crippen LogP contribution < -0.4 is 5.73 Å². The van der Waals surface area contributed by atoms with Crippen LogP contribution in [0.4, 0.5) is 0 Å². The van der Waals surface area contributed by atoms with Crippen molar-refractivity contribution in [3.8, 4) is 0 Å². The highest BCUT2D eigenvalue weighted by molar-refractivity contribution is 7.90. The van der Waals surface area contributed by atoms with E-state index in [0.29, 0.717) is 19.5 Å². The monoisotopic (exact) mass is 313 g/mol. The molecular weight excluding hydrogens is 290 g/mol. The van der Waals surface area contributed by atoms with Gasteiger partial charge in [-0.25, -0.2) is 12.7 Å². The molecule has 0 bridgehead atoms. The third kappa shape index (κ3) is 4.05. The molecule has 0 radical (unpaired) electrons. The Morgan fingerprint density at radius 1 is 1.42 bits per heavy atom. The number of amides is 1. The summed E-state index contributed by atoms with van der Waals surface area (Å²) in [6.07, 6.45) is 0.642. The highest BCUT2D eigenvalue weighted by atomic mass is 35.5. The molecule has 19 heavy (non-hydrogen) atoms. The molecule has 0 aromatic rings. The molecule has 1 fully saturated rings. The number of rotatable bonds is 3. The third-order valence-corrected chi connectivity index (χ3v) is 5.68. The maximum absolute atomic E-state index is 12.3. The van der Waals surface area contributed by atoms with Crippen molar-refractivity contribution in [1.29, 1.82) is 0 Å². The fourth-order valence-electron chi connectivity index (χ4n) is 2.07. The van der Waals surface area contributed by atoms with Crippen molar-refractivity contribution in [1.82, 2.24) is 9.21 Å². The molecule has 1 saturated heterocycles. The third-order valence-electron chi connectivity index (χ3n) is 3.53. The Labute approximate surface area is 121 Å². The van der Waals surface area contributed by atoms with Gasteiger partial charge in [0.1, 0.15) is 0 Å². The van der Waals surface area contributed by atoms with Gasteiger partial charge in [0.2, 0.25) is 15.9 Å². The number of hydrogen-bond donors (Lipinski definition) is 1. The van der Waals surface area contributed by atoms with Gasteiger partial charge in [-0.05, 0) is 19.3 Å². The molecule has 6 nitrogen and oxygen atoms in total. The molecule has 2 N–H and O–H groups in total. The van der Waals surface area contributed by atoms with E-state index in [1.54, 1.807) is 14.1 Å². The minimum Gasteiger partial charge on any atom is -0.348 e. The van der Waals surface area contributed by atoms with Crippen molar-refractivity contribution in [2.24, 2.45) is 11.7 Å². The molecule has 1 aliphatic rings. The van der Waals surface area contributed by atoms with Crippen LogP contribution in [0.15, 0.2) is 0 Å². The molecule has 1 heterocycles. The van der Waals surface area contributed by atoms with Crippen LogP contribution in [-0.2, 0) is 14.8 Å². The Hall–Kier alpha value is -0.370. The molecule has 1 aliphatic heterocycles. The fourth-order valence-corrected chi connectivity index (χ4v) is 3.79. The number of piperidine rings is 1. The Balaban J connectivity index is 0.00000324. The van der Waals surface area contributed by atoms with Gasteiger partial charge in [-0.2, -0.15) is 0 Å². The van der Waals surface area contributed by atoms with Gasteiger partial charge in [0.15, 0.2) is 5.25 Å². The summed E-state index contributed by atoms with van der Waals surface area (Å²) in [4.78, 5) is 13.1. The zero-order valence-corrected chi connectivity index (χ0v) is 13.5. The zero-order valence-electron chi connectivity index (χ0n) is 11.9. The lowest BCUT2D eigenvalue weighted by molar-refractivity contribution is -0.128. The van der Waals surface area contributed by atoms with E-state index in [-0.39, 0.29) is 24.4 Å². The van der Waals surface area contributed by atoms with E-state index in [0.717, 1.165) is 0 Å². The number of hydrogen-bond acceptors (Lipinski definition) is 4. The summed E-state index contributed by atoms with van der Waals surface area (Å²) in [6.45, 7) is 4.18. The number of sulfonamides is 1. The molecule has 3 unspecified atom stereocenters. The molecule has 114 valence electrons. The van der Waals surface area contributed by atoms with Gasteiger partial charge in [0.05, 0.1) is 0 Å². The number of nitrogens with zero attached hydrogens (tertiary/aromatic N) is 2. The molecule has 0 aromatic heterocycles. The molecule has 0 saturated carbocycles. The van der Waals surface area contributed by atoms with Crippen LogP contribution in [0, 0.1) is 5.92 Å². The van der Waals surface area contributed by atoms with Crippen molar-refractivity contribution in [3.05, 3.63) is 0 Å². The summed E-state index contributed by atoms with van der Waals surface area (Å²) in [5, 5.41) is -1.03. The largest absolute Gasteiger partial charge is 0.348 e. The highest BCUT2D eigenvalue weighted by Crippen LogP contribution is 2.20. The van der Waals surface area contributed by atoms with E-state index < -0.39 is 21.2 Å². The predicted octanol–water partition coefficient (Wildman–Crippen LogP) is -0.116. The minimum atomic E-state index is -3.58. The van der Waals surface area contributed by atoms with Crippen molar-refractivity contribution >= 4 is 28.3 Å². The smallest absolute Gasteiger partial charge is 0.241 e. The summed E-state index contributed by atoms with van der Waals surface area (Å²) < 4.78 is 26.0. The molecule has 8 heteroatoms. The number of nitrogens with two attached hydrogens (primary N) is 1. The van der Waals surface area contributed by atoms with Gasteiger partial charge in [-0.15, -0.1) is 12.4 Å². The number of halogens is 1. The van der Waals surface area contributed by atoms with E-state index in [1.165, 1.54) is 16.1 Å². The molecule has 0 aromatic carbocycles. The van der Waals surface area contributed by atoms with Crippen molar-refractivity contribution in [2.75, 3.05) is 27.2 Å². The van der Waals surface area contributed by atoms with E-state index in [1.807, 2.05) is 6.92 Å². The second kappa shape index (κ2) is 6.88. The normalized spacial score (nSPS) is 26.4. The first-order chi connectivity index (χ1) is 8.17. The van der Waals surface area contributed by atoms with Gasteiger partial charge in [0.25, 0.3) is 0 Å². The first-order valence-corrected chi connectivity index (χ1v) is 7.64. The van der Waals surface area contributed by atoms with Crippen molar-refractivity contribution in [3.63, 3.8) is 0 Å². The minimum absolute atomic E-state index is 0. The summed E-state index contributed by atoms with van der Waals surface area (Å²) in [5.41, 5.74) is 5.87. The van der Waals surface area contributed by atoms with Gasteiger partial charge >= 0.3 is 0 Å². The van der Waals surface area contributed by atoms with Crippen LogP contribution in [0.25, 0.3) is 0 Å². The maximum Gasteiger partial charge on any atom is 0.241 e. The second-order valence-electron chi connectivity index (χ2n) is 5.21. The average Bonchev–Trinajstić information content (AvgIpc) is 2.30. The van der Waals surface area contributed by atoms with Gasteiger partial charge in [-0.3, -0.25) is 4.79 Å². The lowest BCUT2D eigenvalue weighted by Crippen LogP contribution is -2.52. The Bertz CT molecular complexity index is 413. The summed E-state index contributed by atoms with van der Waals surface area (Å²) in [5.74, 6) is -0.271. The average molecular weight is 314 g/mol. The van der Waals surface area contributed by atoms with Crippen molar-refractivity contribution in [2.45, 2.75) is 31.6 Å². The zero-order chi connectivity index (χ0) is 14.1. The predicted molar refractivity (Wildman–Crippen MR) is 77.7 cm³/mol. The molecule has 0 aliphatic carbocycles. The van der Waals surface area contributed by atoms with Gasteiger partial charge in [-0.1, -0.05) is 6.92 Å². The van der Waals surface area contributed by atoms with Crippen LogP contribution >= 0.6 is 12.4 Å². The van der Waals surface area contributed by atoms with Crippen LogP contribution in [0.3, 0.4) is 0 Å². The number of carbonyl (C=O) groups is 1. The van der Waals surface area contributed by atoms with E-state index >= 15 is 0 Å². The van der Waals surface area contributed by atoms with Gasteiger partial charge in [0, 0.05) is 33.2 Å². The summed E-state index contributed by atoms with van der Waals surface area (Å²) in [6, 6.07) is 0.0382. The molecule has 1 rings (SSSR count). The summed E-state index contributed by atoms with van der Waals surface area (Å²) >= 11 is 0. The van der Waals surface area contributed by atoms with Crippen LogP contribution in [0.5, 0.6) is 0 Å². The quantitative estimate of drug-likeness (QED) is 0.787. The van der Waals surface area contributed by atoms with Crippen LogP contribution in [0.2, 0.25) is 0 Å². The Morgan fingerprint density at radius 2 is 1.95 bits per heavy atom. The van der Waals surface area contributed by atoms with Crippen LogP contribution in [-0.4, -0.2) is 62.0 Å². The van der Waals surface area contributed by atoms with E-state index in [9.17, 15) is 13.2 Å². The standard InChI is InChI=1S/C11H23N3O3S.ClH/c1-8-7-14(6-5-10(8)12)18(16,17)9(2)11(15)13(3)4;/h8-10H,5-7,12H2,1-4H3;1H. The van der Waals surface area contributed by atoms with E-state index in [2.05, 4.69) is 0 Å². The second-order valence-corrected chi connectivity index (χ2v) is 7.46. The fraction of sp³-hybridized carbons (Fsp3) is 0.909. The molecule has 3 atom stereocenters. The van der Waals surface area contributed by atoms with E-state index in [4.69, 9.17) is 5.73 Å². The Morgan fingerprint density at radius 3 is 2.37 bits per heavy atom. The lowest BCUT2D eigenvalue weighted by Gasteiger charge is -2.35. The first kappa shape index (κ1) is 18.6. The van der Waals surface area contributed by atoms with Crippen LogP contribution in [0.1, 0.15) is 20.3 Å². The highest BCUT2D eigenvalue weighted by Gasteiger charge is 2.38. The molecule has 1 amide bonds.